The lowest BCUT2D eigenvalue weighted by Gasteiger charge is -2.33. The van der Waals surface area contributed by atoms with Gasteiger partial charge in [-0.3, -0.25) is 4.79 Å². The van der Waals surface area contributed by atoms with Crippen LogP contribution in [-0.4, -0.2) is 70.4 Å². The van der Waals surface area contributed by atoms with E-state index in [-0.39, 0.29) is 17.2 Å². The Balaban J connectivity index is 1.79. The van der Waals surface area contributed by atoms with Gasteiger partial charge in [0.1, 0.15) is 0 Å². The van der Waals surface area contributed by atoms with Gasteiger partial charge in [-0.25, -0.2) is 4.39 Å². The second kappa shape index (κ2) is 10.9. The first-order chi connectivity index (χ1) is 15.7. The van der Waals surface area contributed by atoms with Crippen LogP contribution in [0.3, 0.4) is 0 Å². The largest absolute Gasteiger partial charge is 0.494 e. The van der Waals surface area contributed by atoms with Gasteiger partial charge >= 0.3 is 0 Å². The molecule has 0 spiro atoms. The lowest BCUT2D eigenvalue weighted by molar-refractivity contribution is 0.0918. The minimum absolute atomic E-state index is 0.120. The highest BCUT2D eigenvalue weighted by Gasteiger charge is 2.24. The Morgan fingerprint density at radius 2 is 1.91 bits per heavy atom. The van der Waals surface area contributed by atoms with E-state index in [1.54, 1.807) is 6.07 Å². The molecule has 2 N–H and O–H groups in total. The van der Waals surface area contributed by atoms with Crippen LogP contribution >= 0.6 is 0 Å². The van der Waals surface area contributed by atoms with E-state index in [0.29, 0.717) is 31.9 Å². The van der Waals surface area contributed by atoms with Crippen LogP contribution in [-0.2, 0) is 11.3 Å². The minimum atomic E-state index is -0.400. The van der Waals surface area contributed by atoms with Gasteiger partial charge in [0.2, 0.25) is 0 Å². The molecule has 33 heavy (non-hydrogen) atoms. The van der Waals surface area contributed by atoms with E-state index in [9.17, 15) is 9.18 Å². The van der Waals surface area contributed by atoms with Crippen LogP contribution in [0.15, 0.2) is 36.4 Å². The first kappa shape index (κ1) is 24.8. The zero-order chi connectivity index (χ0) is 24.0. The molecule has 0 saturated carbocycles. The van der Waals surface area contributed by atoms with E-state index >= 15 is 0 Å². The van der Waals surface area contributed by atoms with Crippen molar-refractivity contribution in [1.29, 1.82) is 0 Å². The van der Waals surface area contributed by atoms with Crippen LogP contribution in [0, 0.1) is 5.82 Å². The number of rotatable bonds is 9. The Bertz CT molecular complexity index is 959. The number of carbonyl (C=O) groups is 1. The minimum Gasteiger partial charge on any atom is -0.494 e. The fourth-order valence-corrected chi connectivity index (χ4v) is 3.48. The monoisotopic (exact) mass is 458 g/mol. The van der Waals surface area contributed by atoms with Crippen LogP contribution in [0.25, 0.3) is 0 Å². The van der Waals surface area contributed by atoms with E-state index in [2.05, 4.69) is 34.3 Å². The number of methoxy groups -OCH3 is 1. The lowest BCUT2D eigenvalue weighted by Crippen LogP contribution is -2.48. The molecule has 2 aromatic rings. The number of hydrogen-bond acceptors (Lipinski definition) is 6. The summed E-state index contributed by atoms with van der Waals surface area (Å²) in [6.07, 6.45) is 0. The van der Waals surface area contributed by atoms with Crippen molar-refractivity contribution in [3.63, 3.8) is 0 Å². The highest BCUT2D eigenvalue weighted by Crippen LogP contribution is 2.26. The molecule has 2 aromatic carbocycles. The summed E-state index contributed by atoms with van der Waals surface area (Å²) in [4.78, 5) is 17.5. The highest BCUT2D eigenvalue weighted by atomic mass is 19.1. The normalized spacial score (nSPS) is 14.3. The first-order valence-corrected chi connectivity index (χ1v) is 11.2. The maximum absolute atomic E-state index is 14.0. The average molecular weight is 459 g/mol. The Morgan fingerprint density at radius 1 is 1.18 bits per heavy atom. The van der Waals surface area contributed by atoms with E-state index in [0.717, 1.165) is 30.0 Å². The van der Waals surface area contributed by atoms with Gasteiger partial charge in [0, 0.05) is 43.1 Å². The van der Waals surface area contributed by atoms with E-state index in [1.165, 1.54) is 13.2 Å². The third kappa shape index (κ3) is 6.36. The molecule has 0 radical (unpaired) electrons. The summed E-state index contributed by atoms with van der Waals surface area (Å²) in [6, 6.07) is 10.7. The van der Waals surface area contributed by atoms with Crippen molar-refractivity contribution < 1.29 is 18.7 Å². The molecule has 1 amide bonds. The molecule has 1 aliphatic rings. The van der Waals surface area contributed by atoms with Crippen LogP contribution in [0.2, 0.25) is 0 Å². The van der Waals surface area contributed by atoms with Crippen molar-refractivity contribution in [2.45, 2.75) is 25.9 Å². The predicted octanol–water partition coefficient (Wildman–Crippen LogP) is 3.35. The van der Waals surface area contributed by atoms with Gasteiger partial charge in [-0.05, 0) is 63.8 Å². The fraction of sp³-hybridized carbons (Fsp3) is 0.480. The molecule has 1 fully saturated rings. The van der Waals surface area contributed by atoms with Crippen molar-refractivity contribution in [1.82, 2.24) is 10.2 Å². The molecular weight excluding hydrogens is 423 g/mol. The topological polar surface area (TPSA) is 66.1 Å². The summed E-state index contributed by atoms with van der Waals surface area (Å²) in [7, 11) is 5.44. The standard InChI is InChI=1S/C25H35FN4O3/c1-25(2,29(3)4)17-28-24(31)20-15-19(7-8-22(20)30-10-12-33-13-11-30)27-16-18-6-9-23(32-5)21(26)14-18/h6-9,14-15,27H,10-13,16-17H2,1-5H3,(H,28,31). The number of hydrogen-bond donors (Lipinski definition) is 2. The summed E-state index contributed by atoms with van der Waals surface area (Å²) < 4.78 is 24.5. The van der Waals surface area contributed by atoms with Crippen LogP contribution in [0.1, 0.15) is 29.8 Å². The predicted molar refractivity (Wildman–Crippen MR) is 130 cm³/mol. The Morgan fingerprint density at radius 3 is 2.55 bits per heavy atom. The summed E-state index contributed by atoms with van der Waals surface area (Å²) >= 11 is 0. The molecule has 0 bridgehead atoms. The van der Waals surface area contributed by atoms with Gasteiger partial charge in [-0.2, -0.15) is 0 Å². The van der Waals surface area contributed by atoms with Crippen LogP contribution in [0.5, 0.6) is 5.75 Å². The lowest BCUT2D eigenvalue weighted by atomic mass is 10.0. The molecule has 0 aliphatic carbocycles. The Hall–Kier alpha value is -2.84. The summed E-state index contributed by atoms with van der Waals surface area (Å²) in [6.45, 7) is 7.86. The number of nitrogens with one attached hydrogen (secondary N) is 2. The van der Waals surface area contributed by atoms with E-state index in [1.807, 2.05) is 38.4 Å². The number of halogens is 1. The van der Waals surface area contributed by atoms with Crippen molar-refractivity contribution in [2.75, 3.05) is 64.3 Å². The molecule has 0 aromatic heterocycles. The Labute approximate surface area is 195 Å². The SMILES string of the molecule is COc1ccc(CNc2ccc(N3CCOCC3)c(C(=O)NCC(C)(C)N(C)C)c2)cc1F. The molecule has 0 atom stereocenters. The highest BCUT2D eigenvalue weighted by molar-refractivity contribution is 6.01. The second-order valence-electron chi connectivity index (χ2n) is 9.04. The van der Waals surface area contributed by atoms with Crippen LogP contribution < -0.4 is 20.3 Å². The van der Waals surface area contributed by atoms with Gasteiger partial charge in [0.25, 0.3) is 5.91 Å². The molecule has 1 aliphatic heterocycles. The second-order valence-corrected chi connectivity index (χ2v) is 9.04. The quantitative estimate of drug-likeness (QED) is 0.601. The Kier molecular flexibility index (Phi) is 8.15. The summed E-state index contributed by atoms with van der Waals surface area (Å²) in [5, 5.41) is 6.39. The van der Waals surface area contributed by atoms with E-state index < -0.39 is 5.82 Å². The number of carbonyl (C=O) groups excluding carboxylic acids is 1. The number of ether oxygens (including phenoxy) is 2. The van der Waals surface area contributed by atoms with Crippen molar-refractivity contribution in [3.05, 3.63) is 53.3 Å². The summed E-state index contributed by atoms with van der Waals surface area (Å²) in [5.41, 5.74) is 2.89. The zero-order valence-electron chi connectivity index (χ0n) is 20.2. The van der Waals surface area contributed by atoms with Gasteiger partial charge in [0.05, 0.1) is 25.9 Å². The van der Waals surface area contributed by atoms with Gasteiger partial charge in [0.15, 0.2) is 11.6 Å². The van der Waals surface area contributed by atoms with E-state index in [4.69, 9.17) is 9.47 Å². The number of anilines is 2. The third-order valence-electron chi connectivity index (χ3n) is 6.20. The van der Waals surface area contributed by atoms with Gasteiger partial charge < -0.3 is 29.9 Å². The van der Waals surface area contributed by atoms with Gasteiger partial charge in [-0.15, -0.1) is 0 Å². The maximum Gasteiger partial charge on any atom is 0.253 e. The number of amides is 1. The molecule has 1 heterocycles. The average Bonchev–Trinajstić information content (AvgIpc) is 2.81. The molecular formula is C25H35FN4O3. The fourth-order valence-electron chi connectivity index (χ4n) is 3.48. The number of morpholine rings is 1. The molecule has 180 valence electrons. The van der Waals surface area contributed by atoms with Crippen LogP contribution in [0.4, 0.5) is 15.8 Å². The maximum atomic E-state index is 14.0. The van der Waals surface area contributed by atoms with Crippen molar-refractivity contribution >= 4 is 17.3 Å². The first-order valence-electron chi connectivity index (χ1n) is 11.2. The molecule has 1 saturated heterocycles. The number of benzene rings is 2. The number of nitrogens with zero attached hydrogens (tertiary/aromatic N) is 2. The zero-order valence-corrected chi connectivity index (χ0v) is 20.2. The molecule has 0 unspecified atom stereocenters. The third-order valence-corrected chi connectivity index (χ3v) is 6.20. The van der Waals surface area contributed by atoms with Gasteiger partial charge in [-0.1, -0.05) is 6.07 Å². The molecule has 7 nitrogen and oxygen atoms in total. The molecule has 8 heteroatoms. The van der Waals surface area contributed by atoms with Crippen molar-refractivity contribution in [2.24, 2.45) is 0 Å². The number of likely N-dealkylation sites (N-methyl/N-ethyl adjacent to an activating group) is 1. The molecule has 3 rings (SSSR count). The summed E-state index contributed by atoms with van der Waals surface area (Å²) in [5.74, 6) is -0.304. The van der Waals surface area contributed by atoms with Crippen molar-refractivity contribution in [3.8, 4) is 5.75 Å². The smallest absolute Gasteiger partial charge is 0.253 e.